The molecule has 0 heteroatoms. The van der Waals surface area contributed by atoms with Gasteiger partial charge in [-0.2, -0.15) is 0 Å². The zero-order valence-corrected chi connectivity index (χ0v) is 12.7. The lowest BCUT2D eigenvalue weighted by Crippen LogP contribution is -2.25. The molecular formula is C19H24. The first-order chi connectivity index (χ1) is 8.83. The fourth-order valence-corrected chi connectivity index (χ4v) is 2.69. The first-order valence-corrected chi connectivity index (χ1v) is 6.99. The number of benzene rings is 2. The zero-order chi connectivity index (χ0) is 14.1. The van der Waals surface area contributed by atoms with Crippen molar-refractivity contribution in [2.75, 3.05) is 0 Å². The van der Waals surface area contributed by atoms with Gasteiger partial charge in [0.25, 0.3) is 0 Å². The van der Waals surface area contributed by atoms with Gasteiger partial charge in [-0.3, -0.25) is 0 Å². The monoisotopic (exact) mass is 252 g/mol. The van der Waals surface area contributed by atoms with Crippen LogP contribution in [0.5, 0.6) is 0 Å². The predicted octanol–water partition coefficient (Wildman–Crippen LogP) is 5.31. The highest BCUT2D eigenvalue weighted by Gasteiger charge is 2.29. The first kappa shape index (κ1) is 13.9. The lowest BCUT2D eigenvalue weighted by molar-refractivity contribution is 0.549. The molecule has 0 unspecified atom stereocenters. The van der Waals surface area contributed by atoms with E-state index in [1.807, 2.05) is 0 Å². The number of hydrogen-bond acceptors (Lipinski definition) is 0. The third-order valence-corrected chi connectivity index (χ3v) is 3.90. The van der Waals surface area contributed by atoms with Gasteiger partial charge in [-0.1, -0.05) is 89.2 Å². The Balaban J connectivity index is 2.59. The average Bonchev–Trinajstić information content (AvgIpc) is 2.39. The van der Waals surface area contributed by atoms with Crippen LogP contribution < -0.4 is 0 Å². The van der Waals surface area contributed by atoms with Gasteiger partial charge in [0.1, 0.15) is 0 Å². The maximum Gasteiger partial charge on any atom is 0.0149 e. The summed E-state index contributed by atoms with van der Waals surface area (Å²) in [5.41, 5.74) is 4.43. The van der Waals surface area contributed by atoms with Gasteiger partial charge in [0.2, 0.25) is 0 Å². The van der Waals surface area contributed by atoms with Crippen LogP contribution >= 0.6 is 0 Å². The van der Waals surface area contributed by atoms with Crippen LogP contribution in [0.2, 0.25) is 0 Å². The van der Waals surface area contributed by atoms with Crippen LogP contribution in [0.1, 0.15) is 51.3 Å². The Morgan fingerprint density at radius 2 is 1.05 bits per heavy atom. The van der Waals surface area contributed by atoms with Crippen LogP contribution in [0.3, 0.4) is 0 Å². The maximum absolute atomic E-state index is 2.31. The quantitative estimate of drug-likeness (QED) is 0.679. The van der Waals surface area contributed by atoms with Crippen molar-refractivity contribution < 1.29 is 0 Å². The smallest absolute Gasteiger partial charge is 0.0149 e. The SMILES string of the molecule is CC(C)(C)c1ccccc1C(C)(C)c1ccccc1. The van der Waals surface area contributed by atoms with Gasteiger partial charge in [0.05, 0.1) is 0 Å². The van der Waals surface area contributed by atoms with Crippen molar-refractivity contribution in [2.24, 2.45) is 0 Å². The molecule has 0 aliphatic rings. The van der Waals surface area contributed by atoms with Crippen molar-refractivity contribution in [3.63, 3.8) is 0 Å². The summed E-state index contributed by atoms with van der Waals surface area (Å²) in [5, 5.41) is 0. The van der Waals surface area contributed by atoms with Crippen molar-refractivity contribution in [2.45, 2.75) is 45.4 Å². The fourth-order valence-electron chi connectivity index (χ4n) is 2.69. The molecule has 0 amide bonds. The van der Waals surface area contributed by atoms with Crippen molar-refractivity contribution in [1.82, 2.24) is 0 Å². The topological polar surface area (TPSA) is 0 Å². The largest absolute Gasteiger partial charge is 0.0622 e. The van der Waals surface area contributed by atoms with E-state index in [0.717, 1.165) is 0 Å². The Bertz CT molecular complexity index is 542. The summed E-state index contributed by atoms with van der Waals surface area (Å²) >= 11 is 0. The molecular weight excluding hydrogens is 228 g/mol. The van der Waals surface area contributed by atoms with Crippen LogP contribution in [0.25, 0.3) is 0 Å². The highest BCUT2D eigenvalue weighted by Crippen LogP contribution is 2.37. The van der Waals surface area contributed by atoms with Gasteiger partial charge in [-0.05, 0) is 22.1 Å². The molecule has 0 aliphatic carbocycles. The molecule has 0 radical (unpaired) electrons. The van der Waals surface area contributed by atoms with Gasteiger partial charge < -0.3 is 0 Å². The van der Waals surface area contributed by atoms with Crippen LogP contribution in [-0.4, -0.2) is 0 Å². The molecule has 2 aromatic carbocycles. The third-order valence-electron chi connectivity index (χ3n) is 3.90. The lowest BCUT2D eigenvalue weighted by Gasteiger charge is -2.33. The number of hydrogen-bond donors (Lipinski definition) is 0. The van der Waals surface area contributed by atoms with Gasteiger partial charge >= 0.3 is 0 Å². The Hall–Kier alpha value is -1.56. The van der Waals surface area contributed by atoms with Crippen molar-refractivity contribution in [1.29, 1.82) is 0 Å². The summed E-state index contributed by atoms with van der Waals surface area (Å²) in [5.74, 6) is 0. The molecule has 0 aliphatic heterocycles. The third kappa shape index (κ3) is 2.73. The second-order valence-electron chi connectivity index (χ2n) is 6.79. The molecule has 0 saturated carbocycles. The zero-order valence-electron chi connectivity index (χ0n) is 12.7. The standard InChI is InChI=1S/C19H24/c1-18(2,3)16-13-9-10-14-17(16)19(4,5)15-11-7-6-8-12-15/h6-14H,1-5H3. The number of rotatable bonds is 2. The Morgan fingerprint density at radius 1 is 0.579 bits per heavy atom. The van der Waals surface area contributed by atoms with Gasteiger partial charge in [-0.25, -0.2) is 0 Å². The van der Waals surface area contributed by atoms with Crippen LogP contribution in [0.4, 0.5) is 0 Å². The van der Waals surface area contributed by atoms with Crippen molar-refractivity contribution >= 4 is 0 Å². The molecule has 0 nitrogen and oxygen atoms in total. The summed E-state index contributed by atoms with van der Waals surface area (Å²) in [7, 11) is 0. The van der Waals surface area contributed by atoms with E-state index in [1.54, 1.807) is 0 Å². The minimum atomic E-state index is 0.0329. The molecule has 0 aromatic heterocycles. The molecule has 2 aromatic rings. The Kier molecular flexibility index (Phi) is 3.54. The van der Waals surface area contributed by atoms with Crippen LogP contribution in [-0.2, 0) is 10.8 Å². The molecule has 100 valence electrons. The molecule has 0 saturated heterocycles. The van der Waals surface area contributed by atoms with E-state index in [0.29, 0.717) is 0 Å². The van der Waals surface area contributed by atoms with Crippen molar-refractivity contribution in [3.8, 4) is 0 Å². The predicted molar refractivity (Wildman–Crippen MR) is 83.7 cm³/mol. The average molecular weight is 252 g/mol. The van der Waals surface area contributed by atoms with E-state index >= 15 is 0 Å². The van der Waals surface area contributed by atoms with E-state index in [-0.39, 0.29) is 10.8 Å². The maximum atomic E-state index is 2.31. The highest BCUT2D eigenvalue weighted by atomic mass is 14.3. The van der Waals surface area contributed by atoms with Crippen LogP contribution in [0.15, 0.2) is 54.6 Å². The molecule has 0 N–H and O–H groups in total. The lowest BCUT2D eigenvalue weighted by atomic mass is 9.71. The molecule has 0 fully saturated rings. The van der Waals surface area contributed by atoms with E-state index in [2.05, 4.69) is 89.2 Å². The summed E-state index contributed by atoms with van der Waals surface area (Å²) in [6.45, 7) is 11.5. The van der Waals surface area contributed by atoms with Gasteiger partial charge in [0.15, 0.2) is 0 Å². The molecule has 0 atom stereocenters. The molecule has 0 bridgehead atoms. The molecule has 2 rings (SSSR count). The Labute approximate surface area is 117 Å². The summed E-state index contributed by atoms with van der Waals surface area (Å²) in [6.07, 6.45) is 0. The second kappa shape index (κ2) is 4.85. The molecule has 0 heterocycles. The summed E-state index contributed by atoms with van der Waals surface area (Å²) in [4.78, 5) is 0. The highest BCUT2D eigenvalue weighted by molar-refractivity contribution is 5.44. The van der Waals surface area contributed by atoms with Gasteiger partial charge in [-0.15, -0.1) is 0 Å². The summed E-state index contributed by atoms with van der Waals surface area (Å²) < 4.78 is 0. The Morgan fingerprint density at radius 3 is 1.58 bits per heavy atom. The molecule has 19 heavy (non-hydrogen) atoms. The van der Waals surface area contributed by atoms with Crippen LogP contribution in [0, 0.1) is 0 Å². The van der Waals surface area contributed by atoms with E-state index in [9.17, 15) is 0 Å². The fraction of sp³-hybridized carbons (Fsp3) is 0.368. The van der Waals surface area contributed by atoms with E-state index < -0.39 is 0 Å². The van der Waals surface area contributed by atoms with Gasteiger partial charge in [0, 0.05) is 5.41 Å². The minimum Gasteiger partial charge on any atom is -0.0622 e. The van der Waals surface area contributed by atoms with E-state index in [4.69, 9.17) is 0 Å². The van der Waals surface area contributed by atoms with E-state index in [1.165, 1.54) is 16.7 Å². The first-order valence-electron chi connectivity index (χ1n) is 6.99. The summed E-state index contributed by atoms with van der Waals surface area (Å²) in [6, 6.07) is 19.6. The second-order valence-corrected chi connectivity index (χ2v) is 6.79. The van der Waals surface area contributed by atoms with Crippen molar-refractivity contribution in [3.05, 3.63) is 71.3 Å². The minimum absolute atomic E-state index is 0.0329. The molecule has 0 spiro atoms. The normalized spacial score (nSPS) is 12.5.